The number of aryl methyl sites for hydroxylation is 2. The predicted octanol–water partition coefficient (Wildman–Crippen LogP) is 3.46. The molecule has 0 aliphatic rings. The van der Waals surface area contributed by atoms with Crippen LogP contribution in [-0.4, -0.2) is 12.5 Å². The molecule has 0 saturated carbocycles. The first-order valence-corrected chi connectivity index (χ1v) is 6.30. The van der Waals surface area contributed by atoms with Crippen LogP contribution in [0.2, 0.25) is 0 Å². The Bertz CT molecular complexity index is 608. The van der Waals surface area contributed by atoms with Gasteiger partial charge in [-0.15, -0.1) is 0 Å². The van der Waals surface area contributed by atoms with Gasteiger partial charge < -0.3 is 10.1 Å². The minimum Gasteiger partial charge on any atom is -0.483 e. The van der Waals surface area contributed by atoms with Gasteiger partial charge in [-0.2, -0.15) is 0 Å². The summed E-state index contributed by atoms with van der Waals surface area (Å²) in [5.74, 6) is -0.0676. The molecule has 0 aromatic heterocycles. The third kappa shape index (κ3) is 3.82. The number of halogens is 1. The fraction of sp³-hybridized carbons (Fsp3) is 0.188. The average Bonchev–Trinajstić information content (AvgIpc) is 2.40. The minimum atomic E-state index is -0.320. The maximum atomic E-state index is 12.9. The van der Waals surface area contributed by atoms with E-state index < -0.39 is 0 Å². The van der Waals surface area contributed by atoms with Crippen LogP contribution in [0, 0.1) is 19.7 Å². The molecule has 0 spiro atoms. The lowest BCUT2D eigenvalue weighted by molar-refractivity contribution is -0.118. The Balaban J connectivity index is 1.90. The number of rotatable bonds is 4. The van der Waals surface area contributed by atoms with Gasteiger partial charge in [-0.3, -0.25) is 4.79 Å². The van der Waals surface area contributed by atoms with Gasteiger partial charge in [0.05, 0.1) is 0 Å². The maximum Gasteiger partial charge on any atom is 0.262 e. The zero-order valence-corrected chi connectivity index (χ0v) is 11.4. The summed E-state index contributed by atoms with van der Waals surface area (Å²) in [6.07, 6.45) is 0. The highest BCUT2D eigenvalue weighted by Crippen LogP contribution is 2.18. The molecule has 0 bridgehead atoms. The van der Waals surface area contributed by atoms with Gasteiger partial charge in [-0.05, 0) is 49.7 Å². The maximum absolute atomic E-state index is 12.9. The molecule has 0 heterocycles. The Morgan fingerprint density at radius 2 is 1.85 bits per heavy atom. The van der Waals surface area contributed by atoms with Crippen molar-refractivity contribution in [2.45, 2.75) is 13.8 Å². The van der Waals surface area contributed by atoms with Crippen molar-refractivity contribution in [2.24, 2.45) is 0 Å². The van der Waals surface area contributed by atoms with E-state index in [1.54, 1.807) is 6.92 Å². The van der Waals surface area contributed by atoms with E-state index in [-0.39, 0.29) is 18.3 Å². The van der Waals surface area contributed by atoms with Crippen molar-refractivity contribution >= 4 is 11.6 Å². The summed E-state index contributed by atoms with van der Waals surface area (Å²) in [6, 6.07) is 11.7. The lowest BCUT2D eigenvalue weighted by Gasteiger charge is -2.09. The molecule has 0 aliphatic carbocycles. The average molecular weight is 273 g/mol. The Morgan fingerprint density at radius 3 is 2.50 bits per heavy atom. The molecule has 1 N–H and O–H groups in total. The standard InChI is InChI=1S/C16H16FNO2/c1-11-3-6-14(7-4-11)18-16(19)10-20-15-8-5-13(17)9-12(15)2/h3-9H,10H2,1-2H3,(H,18,19). The molecule has 4 heteroatoms. The van der Waals surface area contributed by atoms with Crippen molar-refractivity contribution in [2.75, 3.05) is 11.9 Å². The molecule has 0 atom stereocenters. The first-order valence-electron chi connectivity index (χ1n) is 6.30. The lowest BCUT2D eigenvalue weighted by Crippen LogP contribution is -2.20. The Kier molecular flexibility index (Phi) is 4.35. The SMILES string of the molecule is Cc1ccc(NC(=O)COc2ccc(F)cc2C)cc1. The van der Waals surface area contributed by atoms with E-state index in [4.69, 9.17) is 4.74 Å². The minimum absolute atomic E-state index is 0.111. The number of benzene rings is 2. The molecule has 2 rings (SSSR count). The highest BCUT2D eigenvalue weighted by molar-refractivity contribution is 5.91. The van der Waals surface area contributed by atoms with Gasteiger partial charge >= 0.3 is 0 Å². The first-order chi connectivity index (χ1) is 9.54. The van der Waals surface area contributed by atoms with Crippen molar-refractivity contribution in [1.29, 1.82) is 0 Å². The van der Waals surface area contributed by atoms with Crippen LogP contribution in [0.3, 0.4) is 0 Å². The summed E-state index contributed by atoms with van der Waals surface area (Å²) < 4.78 is 18.3. The summed E-state index contributed by atoms with van der Waals surface area (Å²) in [4.78, 5) is 11.7. The Hall–Kier alpha value is -2.36. The van der Waals surface area contributed by atoms with E-state index in [9.17, 15) is 9.18 Å². The second-order valence-electron chi connectivity index (χ2n) is 4.61. The molecule has 0 unspecified atom stereocenters. The Labute approximate surface area is 117 Å². The summed E-state index contributed by atoms with van der Waals surface area (Å²) in [5.41, 5.74) is 2.51. The van der Waals surface area contributed by atoms with Gasteiger partial charge in [0.1, 0.15) is 11.6 Å². The smallest absolute Gasteiger partial charge is 0.262 e. The van der Waals surface area contributed by atoms with Crippen molar-refractivity contribution in [1.82, 2.24) is 0 Å². The van der Waals surface area contributed by atoms with Crippen molar-refractivity contribution in [3.8, 4) is 5.75 Å². The van der Waals surface area contributed by atoms with Crippen LogP contribution in [0.5, 0.6) is 5.75 Å². The number of anilines is 1. The molecular formula is C16H16FNO2. The molecular weight excluding hydrogens is 257 g/mol. The van der Waals surface area contributed by atoms with Crippen LogP contribution < -0.4 is 10.1 Å². The van der Waals surface area contributed by atoms with Gasteiger partial charge in [0.25, 0.3) is 5.91 Å². The highest BCUT2D eigenvalue weighted by atomic mass is 19.1. The molecule has 2 aromatic carbocycles. The predicted molar refractivity (Wildman–Crippen MR) is 76.4 cm³/mol. The Morgan fingerprint density at radius 1 is 1.15 bits per heavy atom. The molecule has 2 aromatic rings. The van der Waals surface area contributed by atoms with Gasteiger partial charge in [0, 0.05) is 5.69 Å². The topological polar surface area (TPSA) is 38.3 Å². The third-order valence-electron chi connectivity index (χ3n) is 2.83. The van der Waals surface area contributed by atoms with E-state index in [1.807, 2.05) is 31.2 Å². The molecule has 0 fully saturated rings. The van der Waals surface area contributed by atoms with E-state index in [1.165, 1.54) is 18.2 Å². The summed E-state index contributed by atoms with van der Waals surface area (Å²) in [5, 5.41) is 2.73. The largest absolute Gasteiger partial charge is 0.483 e. The normalized spacial score (nSPS) is 10.2. The number of nitrogens with one attached hydrogen (secondary N) is 1. The summed E-state index contributed by atoms with van der Waals surface area (Å²) in [6.45, 7) is 3.60. The second kappa shape index (κ2) is 6.19. The molecule has 0 aliphatic heterocycles. The number of amides is 1. The third-order valence-corrected chi connectivity index (χ3v) is 2.83. The quantitative estimate of drug-likeness (QED) is 0.926. The second-order valence-corrected chi connectivity index (χ2v) is 4.61. The molecule has 0 saturated heterocycles. The van der Waals surface area contributed by atoms with Crippen LogP contribution in [0.4, 0.5) is 10.1 Å². The molecule has 20 heavy (non-hydrogen) atoms. The zero-order valence-electron chi connectivity index (χ0n) is 11.4. The van der Waals surface area contributed by atoms with Crippen molar-refractivity contribution in [3.63, 3.8) is 0 Å². The van der Waals surface area contributed by atoms with Crippen molar-refractivity contribution < 1.29 is 13.9 Å². The number of carbonyl (C=O) groups is 1. The van der Waals surface area contributed by atoms with Crippen LogP contribution in [0.25, 0.3) is 0 Å². The first kappa shape index (κ1) is 14.1. The summed E-state index contributed by atoms with van der Waals surface area (Å²) >= 11 is 0. The van der Waals surface area contributed by atoms with Gasteiger partial charge in [0.2, 0.25) is 0 Å². The van der Waals surface area contributed by atoms with E-state index in [2.05, 4.69) is 5.32 Å². The highest BCUT2D eigenvalue weighted by Gasteiger charge is 2.06. The van der Waals surface area contributed by atoms with E-state index in [0.29, 0.717) is 11.3 Å². The van der Waals surface area contributed by atoms with Crippen LogP contribution in [0.15, 0.2) is 42.5 Å². The monoisotopic (exact) mass is 273 g/mol. The molecule has 1 amide bonds. The van der Waals surface area contributed by atoms with Gasteiger partial charge in [-0.25, -0.2) is 4.39 Å². The van der Waals surface area contributed by atoms with E-state index in [0.717, 1.165) is 11.3 Å². The van der Waals surface area contributed by atoms with E-state index >= 15 is 0 Å². The van der Waals surface area contributed by atoms with Gasteiger partial charge in [0.15, 0.2) is 6.61 Å². The van der Waals surface area contributed by atoms with Gasteiger partial charge in [-0.1, -0.05) is 17.7 Å². The van der Waals surface area contributed by atoms with Crippen LogP contribution in [0.1, 0.15) is 11.1 Å². The number of hydrogen-bond donors (Lipinski definition) is 1. The van der Waals surface area contributed by atoms with Crippen molar-refractivity contribution in [3.05, 3.63) is 59.4 Å². The number of carbonyl (C=O) groups excluding carboxylic acids is 1. The molecule has 3 nitrogen and oxygen atoms in total. The van der Waals surface area contributed by atoms with Crippen LogP contribution in [-0.2, 0) is 4.79 Å². The number of ether oxygens (including phenoxy) is 1. The molecule has 0 radical (unpaired) electrons. The fourth-order valence-electron chi connectivity index (χ4n) is 1.75. The lowest BCUT2D eigenvalue weighted by atomic mass is 10.2. The fourth-order valence-corrected chi connectivity index (χ4v) is 1.75. The number of hydrogen-bond acceptors (Lipinski definition) is 2. The zero-order chi connectivity index (χ0) is 14.5. The summed E-state index contributed by atoms with van der Waals surface area (Å²) in [7, 11) is 0. The van der Waals surface area contributed by atoms with Crippen LogP contribution >= 0.6 is 0 Å². The molecule has 104 valence electrons.